The second kappa shape index (κ2) is 7.79. The van der Waals surface area contributed by atoms with Crippen LogP contribution in [0.3, 0.4) is 0 Å². The molecule has 150 valence electrons. The monoisotopic (exact) mass is 412 g/mol. The largest absolute Gasteiger partial charge is 0.496 e. The SMILES string of the molecule is COC(=O)[C@@H]1Cc2c([nH]c3ccccc23)[C@H](c2ccccc2OC)N1C(=O)CCl. The molecule has 0 saturated carbocycles. The lowest BCUT2D eigenvalue weighted by atomic mass is 9.87. The number of nitrogens with zero attached hydrogens (tertiary/aromatic N) is 1. The number of aromatic nitrogens is 1. The second-order valence-corrected chi connectivity index (χ2v) is 7.15. The van der Waals surface area contributed by atoms with Crippen LogP contribution in [0.1, 0.15) is 22.9 Å². The number of hydrogen-bond acceptors (Lipinski definition) is 4. The maximum Gasteiger partial charge on any atom is 0.328 e. The molecule has 7 heteroatoms. The Balaban J connectivity index is 2.02. The van der Waals surface area contributed by atoms with E-state index < -0.39 is 18.1 Å². The lowest BCUT2D eigenvalue weighted by molar-refractivity contribution is -0.154. The maximum atomic E-state index is 12.9. The van der Waals surface area contributed by atoms with Gasteiger partial charge >= 0.3 is 5.97 Å². The van der Waals surface area contributed by atoms with E-state index in [-0.39, 0.29) is 11.8 Å². The van der Waals surface area contributed by atoms with Crippen LogP contribution in [0.15, 0.2) is 48.5 Å². The van der Waals surface area contributed by atoms with E-state index in [9.17, 15) is 9.59 Å². The molecule has 29 heavy (non-hydrogen) atoms. The van der Waals surface area contributed by atoms with Crippen LogP contribution in [-0.4, -0.2) is 47.9 Å². The van der Waals surface area contributed by atoms with Crippen molar-refractivity contribution in [3.05, 3.63) is 65.4 Å². The number of benzene rings is 2. The first-order chi connectivity index (χ1) is 14.1. The number of hydrogen-bond donors (Lipinski definition) is 1. The number of halogens is 1. The Kier molecular flexibility index (Phi) is 5.20. The number of H-pyrrole nitrogens is 1. The molecule has 0 unspecified atom stereocenters. The van der Waals surface area contributed by atoms with Crippen LogP contribution in [0.25, 0.3) is 10.9 Å². The topological polar surface area (TPSA) is 71.6 Å². The minimum absolute atomic E-state index is 0.241. The van der Waals surface area contributed by atoms with Crippen molar-refractivity contribution in [1.29, 1.82) is 0 Å². The van der Waals surface area contributed by atoms with Gasteiger partial charge in [0.15, 0.2) is 0 Å². The lowest BCUT2D eigenvalue weighted by Gasteiger charge is -2.41. The molecule has 0 bridgehead atoms. The normalized spacial score (nSPS) is 18.4. The summed E-state index contributed by atoms with van der Waals surface area (Å²) >= 11 is 5.95. The molecule has 2 aromatic carbocycles. The number of nitrogens with one attached hydrogen (secondary N) is 1. The van der Waals surface area contributed by atoms with Gasteiger partial charge in [0.05, 0.1) is 14.2 Å². The van der Waals surface area contributed by atoms with E-state index in [0.717, 1.165) is 27.7 Å². The number of ether oxygens (including phenoxy) is 2. The molecule has 3 aromatic rings. The maximum absolute atomic E-state index is 12.9. The smallest absolute Gasteiger partial charge is 0.328 e. The van der Waals surface area contributed by atoms with Crippen molar-refractivity contribution in [3.8, 4) is 5.75 Å². The molecular formula is C22H21ClN2O4. The standard InChI is InChI=1S/C22H21ClN2O4/c1-28-18-10-6-4-8-14(18)21-20-15(13-7-3-5-9-16(13)24-20)11-17(22(27)29-2)25(21)19(26)12-23/h3-10,17,21,24H,11-12H2,1-2H3/t17-,21-/m0/s1. The van der Waals surface area contributed by atoms with Gasteiger partial charge < -0.3 is 19.4 Å². The van der Waals surface area contributed by atoms with E-state index >= 15 is 0 Å². The predicted octanol–water partition coefficient (Wildman–Crippen LogP) is 3.43. The van der Waals surface area contributed by atoms with Crippen LogP contribution >= 0.6 is 11.6 Å². The number of para-hydroxylation sites is 2. The van der Waals surface area contributed by atoms with Gasteiger partial charge in [0.25, 0.3) is 0 Å². The number of esters is 1. The molecule has 0 fully saturated rings. The van der Waals surface area contributed by atoms with Gasteiger partial charge in [-0.3, -0.25) is 4.79 Å². The molecule has 0 saturated heterocycles. The van der Waals surface area contributed by atoms with Gasteiger partial charge in [0.1, 0.15) is 23.7 Å². The van der Waals surface area contributed by atoms with Crippen molar-refractivity contribution in [2.75, 3.05) is 20.1 Å². The van der Waals surface area contributed by atoms with Crippen LogP contribution in [-0.2, 0) is 20.7 Å². The first-order valence-electron chi connectivity index (χ1n) is 9.28. The minimum atomic E-state index is -0.784. The Hall–Kier alpha value is -2.99. The van der Waals surface area contributed by atoms with E-state index in [1.165, 1.54) is 12.0 Å². The highest BCUT2D eigenvalue weighted by atomic mass is 35.5. The molecule has 2 atom stereocenters. The minimum Gasteiger partial charge on any atom is -0.496 e. The van der Waals surface area contributed by atoms with Gasteiger partial charge in [-0.05, 0) is 17.7 Å². The fourth-order valence-corrected chi connectivity index (χ4v) is 4.34. The van der Waals surface area contributed by atoms with Crippen LogP contribution in [0.5, 0.6) is 5.75 Å². The van der Waals surface area contributed by atoms with Crippen LogP contribution in [0.2, 0.25) is 0 Å². The Morgan fingerprint density at radius 1 is 1.14 bits per heavy atom. The summed E-state index contributed by atoms with van der Waals surface area (Å²) < 4.78 is 10.6. The molecular weight excluding hydrogens is 392 g/mol. The fourth-order valence-electron chi connectivity index (χ4n) is 4.20. The number of carbonyl (C=O) groups excluding carboxylic acids is 2. The van der Waals surface area contributed by atoms with Gasteiger partial charge in [-0.15, -0.1) is 11.6 Å². The zero-order valence-electron chi connectivity index (χ0n) is 16.1. The summed E-state index contributed by atoms with van der Waals surface area (Å²) in [4.78, 5) is 30.6. The average molecular weight is 413 g/mol. The summed E-state index contributed by atoms with van der Waals surface area (Å²) in [6, 6.07) is 14.0. The quantitative estimate of drug-likeness (QED) is 0.526. The number of rotatable bonds is 4. The summed E-state index contributed by atoms with van der Waals surface area (Å²) in [5, 5.41) is 1.02. The van der Waals surface area contributed by atoms with Crippen molar-refractivity contribution >= 4 is 34.4 Å². The summed E-state index contributed by atoms with van der Waals surface area (Å²) in [5.74, 6) is -0.434. The van der Waals surface area contributed by atoms with Gasteiger partial charge in [-0.25, -0.2) is 4.79 Å². The third kappa shape index (κ3) is 3.13. The van der Waals surface area contributed by atoms with Gasteiger partial charge in [-0.2, -0.15) is 0 Å². The first-order valence-corrected chi connectivity index (χ1v) is 9.81. The Bertz CT molecular complexity index is 1080. The molecule has 1 aliphatic heterocycles. The third-order valence-electron chi connectivity index (χ3n) is 5.44. The molecule has 4 rings (SSSR count). The number of fused-ring (bicyclic) bond motifs is 3. The molecule has 1 amide bonds. The summed E-state index contributed by atoms with van der Waals surface area (Å²) in [6.07, 6.45) is 0.348. The number of methoxy groups -OCH3 is 2. The molecule has 0 radical (unpaired) electrons. The number of aromatic amines is 1. The van der Waals surface area contributed by atoms with Crippen molar-refractivity contribution in [2.24, 2.45) is 0 Å². The van der Waals surface area contributed by atoms with E-state index in [0.29, 0.717) is 12.2 Å². The number of amides is 1. The Labute approximate surface area is 173 Å². The van der Waals surface area contributed by atoms with Gasteiger partial charge in [0, 0.05) is 28.6 Å². The Morgan fingerprint density at radius 2 is 1.86 bits per heavy atom. The predicted molar refractivity (Wildman–Crippen MR) is 110 cm³/mol. The van der Waals surface area contributed by atoms with Crippen LogP contribution in [0.4, 0.5) is 0 Å². The van der Waals surface area contributed by atoms with Crippen LogP contribution < -0.4 is 4.74 Å². The van der Waals surface area contributed by atoms with Crippen molar-refractivity contribution in [2.45, 2.75) is 18.5 Å². The van der Waals surface area contributed by atoms with Gasteiger partial charge in [-0.1, -0.05) is 36.4 Å². The van der Waals surface area contributed by atoms with E-state index in [1.54, 1.807) is 7.11 Å². The first kappa shape index (κ1) is 19.3. The summed E-state index contributed by atoms with van der Waals surface area (Å²) in [7, 11) is 2.91. The zero-order valence-corrected chi connectivity index (χ0v) is 16.9. The van der Waals surface area contributed by atoms with Gasteiger partial charge in [0.2, 0.25) is 5.91 Å². The van der Waals surface area contributed by atoms with Crippen molar-refractivity contribution in [3.63, 3.8) is 0 Å². The average Bonchev–Trinajstić information content (AvgIpc) is 3.15. The lowest BCUT2D eigenvalue weighted by Crippen LogP contribution is -2.52. The zero-order chi connectivity index (χ0) is 20.5. The van der Waals surface area contributed by atoms with Crippen molar-refractivity contribution < 1.29 is 19.1 Å². The molecule has 0 aliphatic carbocycles. The highest BCUT2D eigenvalue weighted by Gasteiger charge is 2.44. The number of carbonyl (C=O) groups is 2. The molecule has 1 aliphatic rings. The Morgan fingerprint density at radius 3 is 2.59 bits per heavy atom. The van der Waals surface area contributed by atoms with Crippen LogP contribution in [0, 0.1) is 0 Å². The highest BCUT2D eigenvalue weighted by Crippen LogP contribution is 2.43. The van der Waals surface area contributed by atoms with E-state index in [2.05, 4.69) is 4.98 Å². The molecule has 2 heterocycles. The fraction of sp³-hybridized carbons (Fsp3) is 0.273. The molecule has 6 nitrogen and oxygen atoms in total. The van der Waals surface area contributed by atoms with Crippen molar-refractivity contribution in [1.82, 2.24) is 9.88 Å². The highest BCUT2D eigenvalue weighted by molar-refractivity contribution is 6.27. The second-order valence-electron chi connectivity index (χ2n) is 6.89. The molecule has 1 N–H and O–H groups in total. The molecule has 1 aromatic heterocycles. The van der Waals surface area contributed by atoms with E-state index in [1.807, 2.05) is 48.5 Å². The van der Waals surface area contributed by atoms with E-state index in [4.69, 9.17) is 21.1 Å². The number of alkyl halides is 1. The molecule has 0 spiro atoms. The summed E-state index contributed by atoms with van der Waals surface area (Å²) in [5.41, 5.74) is 3.57. The summed E-state index contributed by atoms with van der Waals surface area (Å²) in [6.45, 7) is 0. The third-order valence-corrected chi connectivity index (χ3v) is 5.67.